The molecule has 0 aromatic carbocycles. The van der Waals surface area contributed by atoms with E-state index in [2.05, 4.69) is 26.0 Å². The van der Waals surface area contributed by atoms with Crippen LogP contribution in [0, 0.1) is 17.8 Å². The van der Waals surface area contributed by atoms with E-state index < -0.39 is 0 Å². The van der Waals surface area contributed by atoms with Crippen LogP contribution in [0.2, 0.25) is 0 Å². The number of esters is 1. The lowest BCUT2D eigenvalue weighted by Crippen LogP contribution is -2.04. The van der Waals surface area contributed by atoms with Gasteiger partial charge in [0.2, 0.25) is 0 Å². The van der Waals surface area contributed by atoms with Crippen molar-refractivity contribution in [3.63, 3.8) is 0 Å². The van der Waals surface area contributed by atoms with Crippen molar-refractivity contribution >= 4 is 17.3 Å². The molecule has 0 radical (unpaired) electrons. The SMILES string of the molecule is COC(=O)C1CC1CCc1ccc(CC(C)C)s1. The molecule has 1 aromatic heterocycles. The molecular weight excluding hydrogens is 244 g/mol. The van der Waals surface area contributed by atoms with Gasteiger partial charge in [-0.15, -0.1) is 11.3 Å². The van der Waals surface area contributed by atoms with Crippen LogP contribution in [0.3, 0.4) is 0 Å². The Morgan fingerprint density at radius 3 is 2.83 bits per heavy atom. The number of rotatable bonds is 6. The zero-order chi connectivity index (χ0) is 13.1. The molecule has 0 bridgehead atoms. The van der Waals surface area contributed by atoms with Gasteiger partial charge < -0.3 is 4.74 Å². The number of ether oxygens (including phenoxy) is 1. The molecule has 0 aliphatic heterocycles. The average molecular weight is 266 g/mol. The van der Waals surface area contributed by atoms with Crippen molar-refractivity contribution in [3.8, 4) is 0 Å². The molecule has 2 rings (SSSR count). The summed E-state index contributed by atoms with van der Waals surface area (Å²) in [6, 6.07) is 4.50. The van der Waals surface area contributed by atoms with Gasteiger partial charge in [0.1, 0.15) is 0 Å². The third kappa shape index (κ3) is 3.58. The van der Waals surface area contributed by atoms with Gasteiger partial charge in [0.15, 0.2) is 0 Å². The van der Waals surface area contributed by atoms with Crippen LogP contribution in [0.4, 0.5) is 0 Å². The van der Waals surface area contributed by atoms with Gasteiger partial charge >= 0.3 is 5.97 Å². The van der Waals surface area contributed by atoms with Gasteiger partial charge in [-0.25, -0.2) is 0 Å². The Bertz CT molecular complexity index is 408. The maximum Gasteiger partial charge on any atom is 0.308 e. The van der Waals surface area contributed by atoms with Gasteiger partial charge in [0, 0.05) is 9.75 Å². The minimum atomic E-state index is -0.0216. The Morgan fingerprint density at radius 1 is 1.44 bits per heavy atom. The molecule has 3 heteroatoms. The topological polar surface area (TPSA) is 26.3 Å². The van der Waals surface area contributed by atoms with Crippen molar-refractivity contribution in [2.45, 2.75) is 39.5 Å². The predicted molar refractivity (Wildman–Crippen MR) is 74.8 cm³/mol. The molecule has 100 valence electrons. The first kappa shape index (κ1) is 13.6. The molecule has 1 saturated carbocycles. The molecule has 0 N–H and O–H groups in total. The van der Waals surface area contributed by atoms with Crippen molar-refractivity contribution in [2.75, 3.05) is 7.11 Å². The van der Waals surface area contributed by atoms with E-state index in [0.717, 1.165) is 25.2 Å². The number of aryl methyl sites for hydroxylation is 1. The molecule has 2 nitrogen and oxygen atoms in total. The van der Waals surface area contributed by atoms with E-state index in [1.54, 1.807) is 0 Å². The van der Waals surface area contributed by atoms with E-state index in [-0.39, 0.29) is 11.9 Å². The molecule has 0 spiro atoms. The standard InChI is InChI=1S/C15H22O2S/c1-10(2)8-13-7-6-12(18-13)5-4-11-9-14(11)15(16)17-3/h6-7,10-11,14H,4-5,8-9H2,1-3H3. The maximum atomic E-state index is 11.3. The molecule has 1 aromatic rings. The van der Waals surface area contributed by atoms with Gasteiger partial charge in [-0.3, -0.25) is 4.79 Å². The highest BCUT2D eigenvalue weighted by Crippen LogP contribution is 2.43. The summed E-state index contributed by atoms with van der Waals surface area (Å²) in [4.78, 5) is 14.2. The summed E-state index contributed by atoms with van der Waals surface area (Å²) < 4.78 is 4.77. The molecule has 18 heavy (non-hydrogen) atoms. The van der Waals surface area contributed by atoms with E-state index in [1.165, 1.54) is 23.3 Å². The maximum absolute atomic E-state index is 11.3. The minimum Gasteiger partial charge on any atom is -0.469 e. The second-order valence-electron chi connectivity index (χ2n) is 5.63. The monoisotopic (exact) mass is 266 g/mol. The van der Waals surface area contributed by atoms with E-state index in [0.29, 0.717) is 5.92 Å². The summed E-state index contributed by atoms with van der Waals surface area (Å²) in [7, 11) is 1.48. The van der Waals surface area contributed by atoms with Gasteiger partial charge in [0.25, 0.3) is 0 Å². The zero-order valence-electron chi connectivity index (χ0n) is 11.4. The minimum absolute atomic E-state index is 0.0216. The first-order chi connectivity index (χ1) is 8.60. The van der Waals surface area contributed by atoms with Crippen LogP contribution < -0.4 is 0 Å². The van der Waals surface area contributed by atoms with Crippen molar-refractivity contribution in [3.05, 3.63) is 21.9 Å². The Morgan fingerprint density at radius 2 is 2.17 bits per heavy atom. The molecular formula is C15H22O2S. The number of thiophene rings is 1. The lowest BCUT2D eigenvalue weighted by molar-refractivity contribution is -0.142. The third-order valence-electron chi connectivity index (χ3n) is 3.51. The number of carbonyl (C=O) groups excluding carboxylic acids is 1. The van der Waals surface area contributed by atoms with Crippen LogP contribution in [-0.4, -0.2) is 13.1 Å². The highest BCUT2D eigenvalue weighted by molar-refractivity contribution is 7.11. The van der Waals surface area contributed by atoms with Crippen LogP contribution >= 0.6 is 11.3 Å². The quantitative estimate of drug-likeness (QED) is 0.734. The van der Waals surface area contributed by atoms with E-state index in [4.69, 9.17) is 4.74 Å². The van der Waals surface area contributed by atoms with E-state index >= 15 is 0 Å². The van der Waals surface area contributed by atoms with E-state index in [9.17, 15) is 4.79 Å². The van der Waals surface area contributed by atoms with Gasteiger partial charge in [-0.2, -0.15) is 0 Å². The highest BCUT2D eigenvalue weighted by Gasteiger charge is 2.43. The molecule has 0 amide bonds. The predicted octanol–water partition coefficient (Wildman–Crippen LogP) is 3.69. The summed E-state index contributed by atoms with van der Waals surface area (Å²) in [5.41, 5.74) is 0. The molecule has 1 fully saturated rings. The Kier molecular flexibility index (Phi) is 4.44. The van der Waals surface area contributed by atoms with Crippen molar-refractivity contribution in [1.29, 1.82) is 0 Å². The van der Waals surface area contributed by atoms with Crippen LogP contribution in [0.25, 0.3) is 0 Å². The Hall–Kier alpha value is -0.830. The number of carbonyl (C=O) groups is 1. The highest BCUT2D eigenvalue weighted by atomic mass is 32.1. The third-order valence-corrected chi connectivity index (χ3v) is 4.68. The molecule has 1 heterocycles. The van der Waals surface area contributed by atoms with Gasteiger partial charge in [-0.1, -0.05) is 13.8 Å². The second-order valence-corrected chi connectivity index (χ2v) is 6.88. The summed E-state index contributed by atoms with van der Waals surface area (Å²) in [6.45, 7) is 4.51. The normalized spacial score (nSPS) is 22.2. The largest absolute Gasteiger partial charge is 0.469 e. The number of hydrogen-bond donors (Lipinski definition) is 0. The summed E-state index contributed by atoms with van der Waals surface area (Å²) >= 11 is 1.93. The second kappa shape index (κ2) is 5.87. The van der Waals surface area contributed by atoms with Gasteiger partial charge in [-0.05, 0) is 49.7 Å². The molecule has 0 saturated heterocycles. The van der Waals surface area contributed by atoms with Gasteiger partial charge in [0.05, 0.1) is 13.0 Å². The van der Waals surface area contributed by atoms with Crippen LogP contribution in [0.15, 0.2) is 12.1 Å². The summed E-state index contributed by atoms with van der Waals surface area (Å²) in [5, 5.41) is 0. The van der Waals surface area contributed by atoms with Crippen molar-refractivity contribution in [2.24, 2.45) is 17.8 Å². The lowest BCUT2D eigenvalue weighted by Gasteiger charge is -2.00. The van der Waals surface area contributed by atoms with Crippen LogP contribution in [-0.2, 0) is 22.4 Å². The molecule has 1 aliphatic rings. The first-order valence-electron chi connectivity index (χ1n) is 6.75. The van der Waals surface area contributed by atoms with E-state index in [1.807, 2.05) is 11.3 Å². The fourth-order valence-electron chi connectivity index (χ4n) is 2.40. The lowest BCUT2D eigenvalue weighted by atomic mass is 10.1. The zero-order valence-corrected chi connectivity index (χ0v) is 12.3. The Balaban J connectivity index is 1.74. The molecule has 2 unspecified atom stereocenters. The fraction of sp³-hybridized carbons (Fsp3) is 0.667. The Labute approximate surface area is 113 Å². The fourth-order valence-corrected chi connectivity index (χ4v) is 3.65. The van der Waals surface area contributed by atoms with Crippen molar-refractivity contribution in [1.82, 2.24) is 0 Å². The smallest absolute Gasteiger partial charge is 0.308 e. The number of methoxy groups -OCH3 is 1. The first-order valence-corrected chi connectivity index (χ1v) is 7.57. The average Bonchev–Trinajstić information content (AvgIpc) is 2.98. The summed E-state index contributed by atoms with van der Waals surface area (Å²) in [6.07, 6.45) is 4.44. The van der Waals surface area contributed by atoms with Crippen molar-refractivity contribution < 1.29 is 9.53 Å². The summed E-state index contributed by atoms with van der Waals surface area (Å²) in [5.74, 6) is 1.45. The molecule has 2 atom stereocenters. The van der Waals surface area contributed by atoms with Crippen LogP contribution in [0.5, 0.6) is 0 Å². The van der Waals surface area contributed by atoms with Crippen LogP contribution in [0.1, 0.15) is 36.4 Å². The number of hydrogen-bond acceptors (Lipinski definition) is 3. The molecule has 1 aliphatic carbocycles.